The van der Waals surface area contributed by atoms with E-state index in [0.717, 1.165) is 40.4 Å². The average molecular weight is 337 g/mol. The van der Waals surface area contributed by atoms with E-state index in [1.165, 1.54) is 5.56 Å². The van der Waals surface area contributed by atoms with Crippen molar-refractivity contribution < 1.29 is 4.79 Å². The van der Waals surface area contributed by atoms with Gasteiger partial charge in [-0.3, -0.25) is 4.79 Å². The van der Waals surface area contributed by atoms with Crippen molar-refractivity contribution in [2.45, 2.75) is 47.5 Å². The van der Waals surface area contributed by atoms with Crippen molar-refractivity contribution in [3.05, 3.63) is 52.1 Å². The Balaban J connectivity index is 1.86. The molecule has 0 bridgehead atoms. The maximum atomic E-state index is 12.5. The highest BCUT2D eigenvalue weighted by Crippen LogP contribution is 2.17. The second kappa shape index (κ2) is 6.63. The van der Waals surface area contributed by atoms with Crippen molar-refractivity contribution in [3.63, 3.8) is 0 Å². The summed E-state index contributed by atoms with van der Waals surface area (Å²) in [5.74, 6) is 1.28. The van der Waals surface area contributed by atoms with Crippen molar-refractivity contribution >= 4 is 17.4 Å². The van der Waals surface area contributed by atoms with E-state index in [-0.39, 0.29) is 12.3 Å². The Morgan fingerprint density at radius 2 is 1.88 bits per heavy atom. The van der Waals surface area contributed by atoms with Crippen LogP contribution in [0, 0.1) is 27.7 Å². The van der Waals surface area contributed by atoms with Gasteiger partial charge in [0.2, 0.25) is 5.91 Å². The molecule has 0 unspecified atom stereocenters. The molecule has 0 atom stereocenters. The van der Waals surface area contributed by atoms with Crippen LogP contribution in [-0.4, -0.2) is 25.5 Å². The predicted molar refractivity (Wildman–Crippen MR) is 97.9 cm³/mol. The largest absolute Gasteiger partial charge is 0.326 e. The summed E-state index contributed by atoms with van der Waals surface area (Å²) < 4.78 is 1.73. The highest BCUT2D eigenvalue weighted by atomic mass is 16.1. The summed E-state index contributed by atoms with van der Waals surface area (Å²) in [5, 5.41) is 7.42. The zero-order valence-corrected chi connectivity index (χ0v) is 15.3. The first-order chi connectivity index (χ1) is 11.9. The molecule has 0 aliphatic rings. The SMILES string of the molecule is CCc1nc2nc(C)c(CC(=O)Nc3ccc(C)c(C)c3)c(C)n2n1. The normalized spacial score (nSPS) is 11.1. The van der Waals surface area contributed by atoms with Gasteiger partial charge in [-0.2, -0.15) is 4.98 Å². The number of hydrogen-bond acceptors (Lipinski definition) is 4. The van der Waals surface area contributed by atoms with Crippen molar-refractivity contribution in [2.75, 3.05) is 5.32 Å². The lowest BCUT2D eigenvalue weighted by molar-refractivity contribution is -0.115. The van der Waals surface area contributed by atoms with Gasteiger partial charge in [-0.15, -0.1) is 5.10 Å². The molecule has 0 spiro atoms. The van der Waals surface area contributed by atoms with Gasteiger partial charge in [0.1, 0.15) is 0 Å². The molecule has 1 aromatic carbocycles. The number of carbonyl (C=O) groups is 1. The molecule has 1 amide bonds. The van der Waals surface area contributed by atoms with Gasteiger partial charge in [0.15, 0.2) is 5.82 Å². The Kier molecular flexibility index (Phi) is 4.53. The Bertz CT molecular complexity index is 958. The van der Waals surface area contributed by atoms with E-state index in [1.54, 1.807) is 4.52 Å². The second-order valence-electron chi connectivity index (χ2n) is 6.38. The zero-order valence-electron chi connectivity index (χ0n) is 15.3. The van der Waals surface area contributed by atoms with Crippen LogP contribution >= 0.6 is 0 Å². The molecular formula is C19H23N5O. The van der Waals surface area contributed by atoms with E-state index in [0.29, 0.717) is 5.78 Å². The number of anilines is 1. The van der Waals surface area contributed by atoms with E-state index in [2.05, 4.69) is 27.3 Å². The number of benzene rings is 1. The quantitative estimate of drug-likeness (QED) is 0.794. The molecule has 0 saturated heterocycles. The molecule has 2 aromatic heterocycles. The average Bonchev–Trinajstić information content (AvgIpc) is 2.98. The van der Waals surface area contributed by atoms with Crippen molar-refractivity contribution in [1.82, 2.24) is 19.6 Å². The topological polar surface area (TPSA) is 72.2 Å². The molecule has 6 nitrogen and oxygen atoms in total. The predicted octanol–water partition coefficient (Wildman–Crippen LogP) is 3.10. The molecule has 3 rings (SSSR count). The van der Waals surface area contributed by atoms with Crippen LogP contribution in [0.5, 0.6) is 0 Å². The highest BCUT2D eigenvalue weighted by Gasteiger charge is 2.16. The summed E-state index contributed by atoms with van der Waals surface area (Å²) in [7, 11) is 0. The van der Waals surface area contributed by atoms with Gasteiger partial charge in [0.25, 0.3) is 5.78 Å². The summed E-state index contributed by atoms with van der Waals surface area (Å²) in [4.78, 5) is 21.4. The van der Waals surface area contributed by atoms with Crippen molar-refractivity contribution in [1.29, 1.82) is 0 Å². The Morgan fingerprint density at radius 3 is 2.56 bits per heavy atom. The molecule has 0 saturated carbocycles. The highest BCUT2D eigenvalue weighted by molar-refractivity contribution is 5.92. The fraction of sp³-hybridized carbons (Fsp3) is 0.368. The van der Waals surface area contributed by atoms with Crippen LogP contribution in [0.4, 0.5) is 5.69 Å². The molecule has 0 aliphatic carbocycles. The lowest BCUT2D eigenvalue weighted by atomic mass is 10.1. The second-order valence-corrected chi connectivity index (χ2v) is 6.38. The van der Waals surface area contributed by atoms with Crippen LogP contribution in [-0.2, 0) is 17.6 Å². The number of carbonyl (C=O) groups excluding carboxylic acids is 1. The number of hydrogen-bond donors (Lipinski definition) is 1. The van der Waals surface area contributed by atoms with Gasteiger partial charge in [0, 0.05) is 29.1 Å². The monoisotopic (exact) mass is 337 g/mol. The Labute approximate surface area is 147 Å². The van der Waals surface area contributed by atoms with Crippen molar-refractivity contribution in [2.24, 2.45) is 0 Å². The first-order valence-electron chi connectivity index (χ1n) is 8.48. The first kappa shape index (κ1) is 17.1. The Morgan fingerprint density at radius 1 is 1.12 bits per heavy atom. The van der Waals surface area contributed by atoms with Crippen LogP contribution in [0.2, 0.25) is 0 Å². The molecule has 2 heterocycles. The third-order valence-corrected chi connectivity index (χ3v) is 4.54. The summed E-state index contributed by atoms with van der Waals surface area (Å²) in [5.41, 5.74) is 5.79. The van der Waals surface area contributed by atoms with Gasteiger partial charge in [-0.05, 0) is 51.0 Å². The molecule has 3 aromatic rings. The van der Waals surface area contributed by atoms with E-state index >= 15 is 0 Å². The van der Waals surface area contributed by atoms with Crippen LogP contribution in [0.15, 0.2) is 18.2 Å². The van der Waals surface area contributed by atoms with E-state index in [4.69, 9.17) is 0 Å². The van der Waals surface area contributed by atoms with Gasteiger partial charge in [-0.1, -0.05) is 13.0 Å². The fourth-order valence-electron chi connectivity index (χ4n) is 2.84. The lowest BCUT2D eigenvalue weighted by Gasteiger charge is -2.11. The summed E-state index contributed by atoms with van der Waals surface area (Å²) in [6, 6.07) is 5.92. The van der Waals surface area contributed by atoms with Gasteiger partial charge < -0.3 is 5.32 Å². The van der Waals surface area contributed by atoms with Gasteiger partial charge >= 0.3 is 0 Å². The molecular weight excluding hydrogens is 314 g/mol. The fourth-order valence-corrected chi connectivity index (χ4v) is 2.84. The lowest BCUT2D eigenvalue weighted by Crippen LogP contribution is -2.18. The third-order valence-electron chi connectivity index (χ3n) is 4.54. The van der Waals surface area contributed by atoms with Crippen LogP contribution in [0.1, 0.15) is 40.8 Å². The number of aryl methyl sites for hydroxylation is 5. The minimum Gasteiger partial charge on any atom is -0.326 e. The molecule has 1 N–H and O–H groups in total. The Hall–Kier alpha value is -2.76. The van der Waals surface area contributed by atoms with Crippen LogP contribution in [0.3, 0.4) is 0 Å². The standard InChI is InChI=1S/C19H23N5O/c1-6-17-22-19-20-13(4)16(14(5)24(19)23-17)10-18(25)21-15-8-7-11(2)12(3)9-15/h7-9H,6,10H2,1-5H3,(H,21,25). The van der Waals surface area contributed by atoms with Crippen LogP contribution < -0.4 is 5.32 Å². The number of nitrogens with zero attached hydrogens (tertiary/aromatic N) is 4. The van der Waals surface area contributed by atoms with E-state index in [1.807, 2.05) is 45.9 Å². The van der Waals surface area contributed by atoms with E-state index < -0.39 is 0 Å². The third kappa shape index (κ3) is 3.38. The number of fused-ring (bicyclic) bond motifs is 1. The van der Waals surface area contributed by atoms with Gasteiger partial charge in [0.05, 0.1) is 6.42 Å². The number of nitrogens with one attached hydrogen (secondary N) is 1. The minimum atomic E-state index is -0.0635. The maximum Gasteiger partial charge on any atom is 0.252 e. The summed E-state index contributed by atoms with van der Waals surface area (Å²) in [6.45, 7) is 9.96. The molecule has 25 heavy (non-hydrogen) atoms. The summed E-state index contributed by atoms with van der Waals surface area (Å²) in [6.07, 6.45) is 1.01. The number of rotatable bonds is 4. The molecule has 130 valence electrons. The van der Waals surface area contributed by atoms with E-state index in [9.17, 15) is 4.79 Å². The molecule has 0 radical (unpaired) electrons. The van der Waals surface area contributed by atoms with Gasteiger partial charge in [-0.25, -0.2) is 9.50 Å². The minimum absolute atomic E-state index is 0.0635. The summed E-state index contributed by atoms with van der Waals surface area (Å²) >= 11 is 0. The smallest absolute Gasteiger partial charge is 0.252 e. The van der Waals surface area contributed by atoms with Crippen molar-refractivity contribution in [3.8, 4) is 0 Å². The zero-order chi connectivity index (χ0) is 18.1. The van der Waals surface area contributed by atoms with Crippen LogP contribution in [0.25, 0.3) is 5.78 Å². The first-order valence-corrected chi connectivity index (χ1v) is 8.48. The number of amides is 1. The molecule has 6 heteroatoms. The molecule has 0 aliphatic heterocycles. The molecule has 0 fully saturated rings. The number of aromatic nitrogens is 4. The maximum absolute atomic E-state index is 12.5.